The number of hydrogen-bond acceptors (Lipinski definition) is 5. The maximum absolute atomic E-state index is 13.5. The molecule has 33 heavy (non-hydrogen) atoms. The van der Waals surface area contributed by atoms with Gasteiger partial charge in [0.15, 0.2) is 5.65 Å². The standard InChI is InChI=1S/C26H32N6O/c1-17-15-32-24(28-25(17)30-13-11-21(27)16-30)14-22(29-32)23-4-2-3-12-31(23)26(33)20-9-7-19(8-10-20)18-5-6-18/h7-10,14-15,18,21,23H,2-6,11-13,16,27H2,1H3/t21-,23-/m0/s1. The molecule has 1 saturated carbocycles. The predicted octanol–water partition coefficient (Wildman–Crippen LogP) is 3.82. The second kappa shape index (κ2) is 8.13. The Morgan fingerprint density at radius 3 is 2.61 bits per heavy atom. The third-order valence-corrected chi connectivity index (χ3v) is 7.46. The van der Waals surface area contributed by atoms with Crippen molar-refractivity contribution in [2.75, 3.05) is 24.5 Å². The first kappa shape index (κ1) is 20.7. The summed E-state index contributed by atoms with van der Waals surface area (Å²) in [6.07, 6.45) is 8.67. The average molecular weight is 445 g/mol. The van der Waals surface area contributed by atoms with Gasteiger partial charge >= 0.3 is 0 Å². The molecule has 1 amide bonds. The van der Waals surface area contributed by atoms with E-state index in [0.717, 1.165) is 73.6 Å². The largest absolute Gasteiger partial charge is 0.355 e. The maximum atomic E-state index is 13.5. The van der Waals surface area contributed by atoms with Gasteiger partial charge in [-0.1, -0.05) is 12.1 Å². The van der Waals surface area contributed by atoms with Crippen LogP contribution in [0.4, 0.5) is 5.82 Å². The molecule has 2 saturated heterocycles. The number of aryl methyl sites for hydroxylation is 1. The highest BCUT2D eigenvalue weighted by Gasteiger charge is 2.31. The van der Waals surface area contributed by atoms with Crippen LogP contribution in [0.25, 0.3) is 5.65 Å². The van der Waals surface area contributed by atoms with E-state index in [4.69, 9.17) is 15.8 Å². The van der Waals surface area contributed by atoms with E-state index in [2.05, 4.69) is 36.2 Å². The van der Waals surface area contributed by atoms with Crippen molar-refractivity contribution in [2.45, 2.75) is 63.5 Å². The fourth-order valence-electron chi connectivity index (χ4n) is 5.44. The van der Waals surface area contributed by atoms with Gasteiger partial charge in [-0.05, 0) is 69.1 Å². The van der Waals surface area contributed by atoms with Gasteiger partial charge in [-0.25, -0.2) is 9.50 Å². The molecule has 2 aliphatic heterocycles. The van der Waals surface area contributed by atoms with Gasteiger partial charge in [0.2, 0.25) is 0 Å². The highest BCUT2D eigenvalue weighted by Crippen LogP contribution is 2.40. The smallest absolute Gasteiger partial charge is 0.254 e. The quantitative estimate of drug-likeness (QED) is 0.662. The normalized spacial score (nSPS) is 23.5. The summed E-state index contributed by atoms with van der Waals surface area (Å²) >= 11 is 0. The molecule has 7 nitrogen and oxygen atoms in total. The molecule has 0 unspecified atom stereocenters. The third kappa shape index (κ3) is 3.88. The SMILES string of the molecule is Cc1cn2nc([C@@H]3CCCCN3C(=O)c3ccc(C4CC4)cc3)cc2nc1N1CC[C@H](N)C1. The van der Waals surface area contributed by atoms with E-state index in [0.29, 0.717) is 5.92 Å². The number of carbonyl (C=O) groups is 1. The number of benzene rings is 1. The Hall–Kier alpha value is -2.93. The van der Waals surface area contributed by atoms with Crippen LogP contribution < -0.4 is 10.6 Å². The number of amides is 1. The van der Waals surface area contributed by atoms with Crippen LogP contribution in [0.1, 0.15) is 77.7 Å². The molecule has 2 aromatic heterocycles. The molecule has 3 aliphatic rings. The van der Waals surface area contributed by atoms with Gasteiger partial charge in [0.25, 0.3) is 5.91 Å². The highest BCUT2D eigenvalue weighted by atomic mass is 16.2. The van der Waals surface area contributed by atoms with E-state index in [-0.39, 0.29) is 18.0 Å². The van der Waals surface area contributed by atoms with E-state index in [9.17, 15) is 4.79 Å². The number of rotatable bonds is 4. The molecule has 1 aromatic carbocycles. The van der Waals surface area contributed by atoms with Crippen LogP contribution in [-0.2, 0) is 0 Å². The summed E-state index contributed by atoms with van der Waals surface area (Å²) in [6, 6.07) is 10.5. The molecule has 4 heterocycles. The number of likely N-dealkylation sites (tertiary alicyclic amines) is 1. The summed E-state index contributed by atoms with van der Waals surface area (Å²) in [5.74, 6) is 1.80. The summed E-state index contributed by atoms with van der Waals surface area (Å²) in [4.78, 5) is 22.7. The molecule has 0 radical (unpaired) electrons. The zero-order chi connectivity index (χ0) is 22.5. The Morgan fingerprint density at radius 2 is 1.88 bits per heavy atom. The number of nitrogens with zero attached hydrogens (tertiary/aromatic N) is 5. The van der Waals surface area contributed by atoms with Crippen LogP contribution in [0.15, 0.2) is 36.5 Å². The molecule has 3 aromatic rings. The molecule has 2 atom stereocenters. The second-order valence-corrected chi connectivity index (χ2v) is 10.0. The molecule has 6 rings (SSSR count). The summed E-state index contributed by atoms with van der Waals surface area (Å²) in [7, 11) is 0. The van der Waals surface area contributed by atoms with E-state index in [1.54, 1.807) is 0 Å². The number of aromatic nitrogens is 3. The van der Waals surface area contributed by atoms with Crippen LogP contribution >= 0.6 is 0 Å². The maximum Gasteiger partial charge on any atom is 0.254 e. The van der Waals surface area contributed by atoms with E-state index < -0.39 is 0 Å². The van der Waals surface area contributed by atoms with Crippen LogP contribution in [0.5, 0.6) is 0 Å². The summed E-state index contributed by atoms with van der Waals surface area (Å²) in [6.45, 7) is 4.63. The topological polar surface area (TPSA) is 79.8 Å². The van der Waals surface area contributed by atoms with Gasteiger partial charge in [0.05, 0.1) is 11.7 Å². The van der Waals surface area contributed by atoms with Gasteiger partial charge < -0.3 is 15.5 Å². The van der Waals surface area contributed by atoms with Crippen molar-refractivity contribution >= 4 is 17.4 Å². The monoisotopic (exact) mass is 444 g/mol. The lowest BCUT2D eigenvalue weighted by atomic mass is 9.98. The number of carbonyl (C=O) groups excluding carboxylic acids is 1. The molecule has 7 heteroatoms. The molecule has 0 spiro atoms. The van der Waals surface area contributed by atoms with Crippen molar-refractivity contribution in [3.05, 3.63) is 58.9 Å². The van der Waals surface area contributed by atoms with Crippen molar-refractivity contribution in [3.63, 3.8) is 0 Å². The Bertz CT molecular complexity index is 1180. The number of fused-ring (bicyclic) bond motifs is 1. The zero-order valence-electron chi connectivity index (χ0n) is 19.3. The highest BCUT2D eigenvalue weighted by molar-refractivity contribution is 5.94. The van der Waals surface area contributed by atoms with Crippen molar-refractivity contribution in [1.82, 2.24) is 19.5 Å². The van der Waals surface area contributed by atoms with Gasteiger partial charge in [0, 0.05) is 49.1 Å². The van der Waals surface area contributed by atoms with Crippen LogP contribution in [0.2, 0.25) is 0 Å². The van der Waals surface area contributed by atoms with Crippen molar-refractivity contribution in [1.29, 1.82) is 0 Å². The second-order valence-electron chi connectivity index (χ2n) is 10.0. The first-order valence-corrected chi connectivity index (χ1v) is 12.4. The predicted molar refractivity (Wildman–Crippen MR) is 129 cm³/mol. The first-order valence-electron chi connectivity index (χ1n) is 12.4. The fourth-order valence-corrected chi connectivity index (χ4v) is 5.44. The minimum Gasteiger partial charge on any atom is -0.355 e. The summed E-state index contributed by atoms with van der Waals surface area (Å²) in [5, 5.41) is 4.87. The van der Waals surface area contributed by atoms with E-state index in [1.165, 1.54) is 18.4 Å². The first-order chi connectivity index (χ1) is 16.1. The van der Waals surface area contributed by atoms with Crippen molar-refractivity contribution in [3.8, 4) is 0 Å². The van der Waals surface area contributed by atoms with Crippen LogP contribution in [0.3, 0.4) is 0 Å². The Balaban J connectivity index is 1.28. The van der Waals surface area contributed by atoms with E-state index >= 15 is 0 Å². The van der Waals surface area contributed by atoms with Crippen LogP contribution in [-0.4, -0.2) is 51.1 Å². The van der Waals surface area contributed by atoms with Gasteiger partial charge in [-0.2, -0.15) is 5.10 Å². The summed E-state index contributed by atoms with van der Waals surface area (Å²) < 4.78 is 1.87. The van der Waals surface area contributed by atoms with Crippen molar-refractivity contribution < 1.29 is 4.79 Å². The molecule has 2 N–H and O–H groups in total. The number of hydrogen-bond donors (Lipinski definition) is 1. The fraction of sp³-hybridized carbons (Fsp3) is 0.500. The van der Waals surface area contributed by atoms with E-state index in [1.807, 2.05) is 21.5 Å². The Morgan fingerprint density at radius 1 is 1.06 bits per heavy atom. The average Bonchev–Trinajstić information content (AvgIpc) is 3.47. The molecule has 172 valence electrons. The molecule has 1 aliphatic carbocycles. The van der Waals surface area contributed by atoms with Crippen LogP contribution in [0, 0.1) is 6.92 Å². The Kier molecular flexibility index (Phi) is 5.09. The summed E-state index contributed by atoms with van der Waals surface area (Å²) in [5.41, 5.74) is 11.1. The van der Waals surface area contributed by atoms with Crippen molar-refractivity contribution in [2.24, 2.45) is 5.73 Å². The molecular weight excluding hydrogens is 412 g/mol. The number of piperidine rings is 1. The molecule has 3 fully saturated rings. The Labute approximate surface area is 194 Å². The zero-order valence-corrected chi connectivity index (χ0v) is 19.3. The minimum absolute atomic E-state index is 0.0139. The molecule has 0 bridgehead atoms. The number of nitrogens with two attached hydrogens (primary N) is 1. The lowest BCUT2D eigenvalue weighted by Crippen LogP contribution is -2.38. The molecular formula is C26H32N6O. The lowest BCUT2D eigenvalue weighted by Gasteiger charge is -2.34. The number of anilines is 1. The lowest BCUT2D eigenvalue weighted by molar-refractivity contribution is 0.0605. The van der Waals surface area contributed by atoms with Gasteiger partial charge in [-0.15, -0.1) is 0 Å². The van der Waals surface area contributed by atoms with Gasteiger partial charge in [-0.3, -0.25) is 4.79 Å². The minimum atomic E-state index is -0.0139. The van der Waals surface area contributed by atoms with Gasteiger partial charge in [0.1, 0.15) is 5.82 Å². The third-order valence-electron chi connectivity index (χ3n) is 7.46.